The quantitative estimate of drug-likeness (QED) is 0.532. The van der Waals surface area contributed by atoms with E-state index in [-0.39, 0.29) is 28.7 Å². The van der Waals surface area contributed by atoms with Gasteiger partial charge in [0.05, 0.1) is 22.8 Å². The van der Waals surface area contributed by atoms with E-state index in [9.17, 15) is 27.2 Å². The lowest BCUT2D eigenvalue weighted by atomic mass is 9.89. The largest absolute Gasteiger partial charge is 0.586 e. The van der Waals surface area contributed by atoms with Crippen molar-refractivity contribution in [3.05, 3.63) is 46.4 Å². The van der Waals surface area contributed by atoms with Gasteiger partial charge in [-0.2, -0.15) is 0 Å². The monoisotopic (exact) mass is 498 g/mol. The minimum atomic E-state index is -3.75. The minimum Gasteiger partial charge on any atom is -0.395 e. The molecule has 1 aromatic carbocycles. The second-order valence-corrected chi connectivity index (χ2v) is 9.32. The molecule has 8 nitrogen and oxygen atoms in total. The highest BCUT2D eigenvalue weighted by molar-refractivity contribution is 7.22. The van der Waals surface area contributed by atoms with Gasteiger partial charge in [-0.1, -0.05) is 17.4 Å². The summed E-state index contributed by atoms with van der Waals surface area (Å²) in [5.74, 6) is -4.44. The Labute approximate surface area is 193 Å². The number of rotatable bonds is 4. The third-order valence-corrected chi connectivity index (χ3v) is 6.72. The fourth-order valence-electron chi connectivity index (χ4n) is 4.13. The number of hydrogen-bond acceptors (Lipinski definition) is 7. The summed E-state index contributed by atoms with van der Waals surface area (Å²) in [5.41, 5.74) is 0.547. The van der Waals surface area contributed by atoms with Crippen molar-refractivity contribution in [3.8, 4) is 11.5 Å². The van der Waals surface area contributed by atoms with E-state index < -0.39 is 43.0 Å². The number of benzene rings is 1. The van der Waals surface area contributed by atoms with Crippen molar-refractivity contribution in [3.63, 3.8) is 0 Å². The molecule has 0 saturated carbocycles. The average molecular weight is 498 g/mol. The van der Waals surface area contributed by atoms with Crippen LogP contribution in [-0.4, -0.2) is 52.1 Å². The van der Waals surface area contributed by atoms with Crippen LogP contribution in [0, 0.1) is 0 Å². The maximum atomic E-state index is 14.5. The number of amides is 1. The molecule has 0 radical (unpaired) electrons. The summed E-state index contributed by atoms with van der Waals surface area (Å²) in [4.78, 5) is 32.2. The highest BCUT2D eigenvalue weighted by Gasteiger charge is 2.44. The first kappa shape index (κ1) is 22.6. The van der Waals surface area contributed by atoms with Crippen LogP contribution in [0.15, 0.2) is 35.3 Å². The first-order valence-corrected chi connectivity index (χ1v) is 11.1. The number of aromatic nitrogens is 2. The Kier molecular flexibility index (Phi) is 5.28. The molecule has 1 saturated heterocycles. The van der Waals surface area contributed by atoms with Crippen LogP contribution in [0.2, 0.25) is 0 Å². The van der Waals surface area contributed by atoms with E-state index in [1.807, 2.05) is 0 Å². The molecule has 13 heteroatoms. The zero-order valence-electron chi connectivity index (χ0n) is 17.6. The Morgan fingerprint density at radius 1 is 1.26 bits per heavy atom. The van der Waals surface area contributed by atoms with Crippen LogP contribution in [-0.2, 0) is 4.79 Å². The van der Waals surface area contributed by atoms with Gasteiger partial charge in [-0.15, -0.1) is 8.78 Å². The van der Waals surface area contributed by atoms with Crippen LogP contribution in [0.3, 0.4) is 0 Å². The maximum absolute atomic E-state index is 14.5. The molecule has 0 bridgehead atoms. The summed E-state index contributed by atoms with van der Waals surface area (Å²) in [6.45, 7) is 1.13. The molecule has 2 aliphatic heterocycles. The SMILES string of the molecule is C[C@@H](C(=O)Nc1nc2cc3c(cc2s1)OC(F)(F)O3)N1C[C@H](c2ccc(=O)[nH]c2)CC(F)(F)C1. The number of thiazole rings is 1. The first-order valence-electron chi connectivity index (χ1n) is 10.3. The van der Waals surface area contributed by atoms with Crippen LogP contribution in [0.5, 0.6) is 11.5 Å². The molecule has 0 unspecified atom stereocenters. The number of carbonyl (C=O) groups excluding carboxylic acids is 1. The van der Waals surface area contributed by atoms with Gasteiger partial charge >= 0.3 is 6.29 Å². The first-order chi connectivity index (χ1) is 16.0. The highest BCUT2D eigenvalue weighted by Crippen LogP contribution is 2.44. The molecule has 2 aromatic heterocycles. The van der Waals surface area contributed by atoms with Crippen molar-refractivity contribution >= 4 is 32.6 Å². The van der Waals surface area contributed by atoms with Crippen LogP contribution in [0.25, 0.3) is 10.2 Å². The molecule has 2 aliphatic rings. The number of anilines is 1. The van der Waals surface area contributed by atoms with E-state index in [4.69, 9.17) is 0 Å². The van der Waals surface area contributed by atoms with E-state index >= 15 is 0 Å². The minimum absolute atomic E-state index is 0.142. The number of pyridine rings is 1. The molecule has 34 heavy (non-hydrogen) atoms. The number of hydrogen-bond donors (Lipinski definition) is 2. The zero-order valence-corrected chi connectivity index (χ0v) is 18.4. The topological polar surface area (TPSA) is 96.6 Å². The zero-order chi connectivity index (χ0) is 24.3. The number of nitrogens with one attached hydrogen (secondary N) is 2. The van der Waals surface area contributed by atoms with Crippen LogP contribution < -0.4 is 20.3 Å². The fourth-order valence-corrected chi connectivity index (χ4v) is 5.01. The third-order valence-electron chi connectivity index (χ3n) is 5.78. The highest BCUT2D eigenvalue weighted by atomic mass is 32.1. The summed E-state index contributed by atoms with van der Waals surface area (Å²) >= 11 is 1.03. The maximum Gasteiger partial charge on any atom is 0.586 e. The molecule has 3 aromatic rings. The van der Waals surface area contributed by atoms with Gasteiger partial charge in [-0.25, -0.2) is 13.8 Å². The number of ether oxygens (including phenoxy) is 2. The molecule has 1 amide bonds. The number of piperidine rings is 1. The van der Waals surface area contributed by atoms with E-state index in [0.717, 1.165) is 11.3 Å². The predicted molar refractivity (Wildman–Crippen MR) is 115 cm³/mol. The Hall–Kier alpha value is -3.19. The molecule has 2 atom stereocenters. The number of alkyl halides is 4. The van der Waals surface area contributed by atoms with Crippen molar-refractivity contribution in [1.82, 2.24) is 14.9 Å². The lowest BCUT2D eigenvalue weighted by Gasteiger charge is -2.40. The number of carbonyl (C=O) groups is 1. The number of fused-ring (bicyclic) bond motifs is 2. The van der Waals surface area contributed by atoms with E-state index in [0.29, 0.717) is 15.8 Å². The molecular weight excluding hydrogens is 480 g/mol. The molecule has 0 spiro atoms. The van der Waals surface area contributed by atoms with Gasteiger partial charge in [-0.05, 0) is 12.5 Å². The standard InChI is InChI=1S/C21H18F4N4O4S/c1-10(29-8-12(6-20(22,23)9-29)11-2-3-17(30)26-7-11)18(31)28-19-27-13-4-14-15(5-16(13)34-19)33-21(24,25)32-14/h2-5,7,10,12H,6,8-9H2,1H3,(H,26,30)(H,27,28,31)/t10-,12+/m0/s1. The molecule has 2 N–H and O–H groups in total. The fraction of sp³-hybridized carbons (Fsp3) is 0.381. The Morgan fingerprint density at radius 2 is 2.00 bits per heavy atom. The van der Waals surface area contributed by atoms with Crippen molar-refractivity contribution < 1.29 is 31.8 Å². The molecule has 1 fully saturated rings. The smallest absolute Gasteiger partial charge is 0.395 e. The predicted octanol–water partition coefficient (Wildman–Crippen LogP) is 3.76. The third kappa shape index (κ3) is 4.44. The lowest BCUT2D eigenvalue weighted by molar-refractivity contribution is -0.286. The van der Waals surface area contributed by atoms with Crippen LogP contribution in [0.4, 0.5) is 22.7 Å². The summed E-state index contributed by atoms with van der Waals surface area (Å²) in [6, 6.07) is 4.50. The van der Waals surface area contributed by atoms with Crippen molar-refractivity contribution in [2.45, 2.75) is 37.5 Å². The van der Waals surface area contributed by atoms with Crippen molar-refractivity contribution in [2.75, 3.05) is 18.4 Å². The van der Waals surface area contributed by atoms with Crippen LogP contribution in [0.1, 0.15) is 24.8 Å². The van der Waals surface area contributed by atoms with Gasteiger partial charge in [0.1, 0.15) is 0 Å². The number of aromatic amines is 1. The number of nitrogens with zero attached hydrogens (tertiary/aromatic N) is 2. The van der Waals surface area contributed by atoms with E-state index in [1.54, 1.807) is 0 Å². The summed E-state index contributed by atoms with van der Waals surface area (Å²) in [6.07, 6.45) is -2.73. The van der Waals surface area contributed by atoms with Crippen molar-refractivity contribution in [1.29, 1.82) is 0 Å². The molecule has 5 rings (SSSR count). The second kappa shape index (κ2) is 7.94. The average Bonchev–Trinajstić information content (AvgIpc) is 3.27. The molecular formula is C21H18F4N4O4S. The second-order valence-electron chi connectivity index (χ2n) is 8.29. The van der Waals surface area contributed by atoms with Gasteiger partial charge in [0.2, 0.25) is 11.5 Å². The summed E-state index contributed by atoms with van der Waals surface area (Å²) in [5, 5.41) is 2.80. The molecule has 0 aliphatic carbocycles. The normalized spacial score (nSPS) is 22.0. The Balaban J connectivity index is 1.31. The van der Waals surface area contributed by atoms with Gasteiger partial charge in [0.25, 0.3) is 5.92 Å². The van der Waals surface area contributed by atoms with Crippen molar-refractivity contribution in [2.24, 2.45) is 0 Å². The number of H-pyrrole nitrogens is 1. The van der Waals surface area contributed by atoms with Crippen LogP contribution >= 0.6 is 11.3 Å². The van der Waals surface area contributed by atoms with E-state index in [2.05, 4.69) is 24.8 Å². The van der Waals surface area contributed by atoms with E-state index in [1.165, 1.54) is 42.3 Å². The van der Waals surface area contributed by atoms with Gasteiger partial charge in [0, 0.05) is 43.3 Å². The Bertz CT molecular complexity index is 1260. The van der Waals surface area contributed by atoms with Gasteiger partial charge < -0.3 is 19.8 Å². The Morgan fingerprint density at radius 3 is 2.71 bits per heavy atom. The molecule has 180 valence electrons. The van der Waals surface area contributed by atoms with Gasteiger partial charge in [0.15, 0.2) is 16.6 Å². The number of halogens is 4. The summed E-state index contributed by atoms with van der Waals surface area (Å²) < 4.78 is 64.8. The number of likely N-dealkylation sites (tertiary alicyclic amines) is 1. The molecule has 4 heterocycles. The lowest BCUT2D eigenvalue weighted by Crippen LogP contribution is -2.53. The summed E-state index contributed by atoms with van der Waals surface area (Å²) in [7, 11) is 0. The van der Waals surface area contributed by atoms with Gasteiger partial charge in [-0.3, -0.25) is 14.5 Å².